The average molecular weight is 254 g/mol. The Hall–Kier alpha value is -1.91. The summed E-state index contributed by atoms with van der Waals surface area (Å²) in [5.74, 6) is -1.65. The van der Waals surface area contributed by atoms with Crippen LogP contribution in [0, 0.1) is 5.82 Å². The van der Waals surface area contributed by atoms with Gasteiger partial charge in [0.15, 0.2) is 0 Å². The topological polar surface area (TPSA) is 52.6 Å². The van der Waals surface area contributed by atoms with Crippen LogP contribution in [0.5, 0.6) is 0 Å². The van der Waals surface area contributed by atoms with Crippen LogP contribution in [0.3, 0.4) is 0 Å². The predicted octanol–water partition coefficient (Wildman–Crippen LogP) is 2.11. The van der Waals surface area contributed by atoms with Gasteiger partial charge in [0.25, 0.3) is 0 Å². The van der Waals surface area contributed by atoms with Crippen molar-refractivity contribution < 1.29 is 23.5 Å². The molecule has 0 heterocycles. The standard InChI is InChI=1S/C13H15FO4/c1-17-11(15)8-4-6-9-5-3-7-10(14)12(9)13(16)18-2/h3,5,7H,4,6,8H2,1-2H3. The van der Waals surface area contributed by atoms with Crippen LogP contribution in [-0.4, -0.2) is 26.2 Å². The molecule has 0 amide bonds. The summed E-state index contributed by atoms with van der Waals surface area (Å²) in [5, 5.41) is 0. The molecule has 0 saturated heterocycles. The molecule has 4 nitrogen and oxygen atoms in total. The minimum absolute atomic E-state index is 0.0649. The summed E-state index contributed by atoms with van der Waals surface area (Å²) >= 11 is 0. The second-order valence-corrected chi connectivity index (χ2v) is 3.70. The average Bonchev–Trinajstić information content (AvgIpc) is 2.37. The highest BCUT2D eigenvalue weighted by Crippen LogP contribution is 2.17. The fourth-order valence-corrected chi connectivity index (χ4v) is 1.63. The summed E-state index contributed by atoms with van der Waals surface area (Å²) in [5.41, 5.74) is 0.468. The third-order valence-corrected chi connectivity index (χ3v) is 2.54. The first-order valence-electron chi connectivity index (χ1n) is 5.52. The maximum absolute atomic E-state index is 13.5. The minimum atomic E-state index is -0.707. The summed E-state index contributed by atoms with van der Waals surface area (Å²) in [6.07, 6.45) is 1.13. The van der Waals surface area contributed by atoms with Crippen molar-refractivity contribution in [2.45, 2.75) is 19.3 Å². The Morgan fingerprint density at radius 3 is 2.56 bits per heavy atom. The van der Waals surface area contributed by atoms with Crippen LogP contribution >= 0.6 is 0 Å². The number of hydrogen-bond acceptors (Lipinski definition) is 4. The van der Waals surface area contributed by atoms with Gasteiger partial charge in [-0.05, 0) is 24.5 Å². The third-order valence-electron chi connectivity index (χ3n) is 2.54. The zero-order valence-corrected chi connectivity index (χ0v) is 10.4. The molecule has 1 rings (SSSR count). The van der Waals surface area contributed by atoms with Gasteiger partial charge in [0.05, 0.1) is 19.8 Å². The molecule has 0 spiro atoms. The number of methoxy groups -OCH3 is 2. The summed E-state index contributed by atoms with van der Waals surface area (Å²) < 4.78 is 22.6. The van der Waals surface area contributed by atoms with E-state index in [1.165, 1.54) is 26.4 Å². The molecule has 5 heteroatoms. The predicted molar refractivity (Wildman–Crippen MR) is 62.7 cm³/mol. The first-order chi connectivity index (χ1) is 8.60. The number of benzene rings is 1. The number of hydrogen-bond donors (Lipinski definition) is 0. The van der Waals surface area contributed by atoms with Crippen LogP contribution < -0.4 is 0 Å². The Labute approximate surface area is 105 Å². The van der Waals surface area contributed by atoms with Crippen molar-refractivity contribution in [1.29, 1.82) is 0 Å². The lowest BCUT2D eigenvalue weighted by Crippen LogP contribution is -2.09. The molecule has 1 aromatic carbocycles. The van der Waals surface area contributed by atoms with Gasteiger partial charge in [-0.2, -0.15) is 0 Å². The molecule has 0 aromatic heterocycles. The fraction of sp³-hybridized carbons (Fsp3) is 0.385. The Balaban J connectivity index is 2.79. The monoisotopic (exact) mass is 254 g/mol. The zero-order chi connectivity index (χ0) is 13.5. The van der Waals surface area contributed by atoms with Crippen molar-refractivity contribution in [3.63, 3.8) is 0 Å². The van der Waals surface area contributed by atoms with E-state index in [-0.39, 0.29) is 18.0 Å². The van der Waals surface area contributed by atoms with E-state index >= 15 is 0 Å². The van der Waals surface area contributed by atoms with E-state index in [9.17, 15) is 14.0 Å². The van der Waals surface area contributed by atoms with Crippen molar-refractivity contribution in [3.8, 4) is 0 Å². The molecule has 0 aliphatic rings. The smallest absolute Gasteiger partial charge is 0.341 e. The molecule has 0 aliphatic carbocycles. The van der Waals surface area contributed by atoms with E-state index in [2.05, 4.69) is 9.47 Å². The van der Waals surface area contributed by atoms with Crippen molar-refractivity contribution in [2.75, 3.05) is 14.2 Å². The second kappa shape index (κ2) is 6.74. The highest BCUT2D eigenvalue weighted by Gasteiger charge is 2.16. The van der Waals surface area contributed by atoms with Crippen molar-refractivity contribution in [1.82, 2.24) is 0 Å². The Morgan fingerprint density at radius 1 is 1.22 bits per heavy atom. The highest BCUT2D eigenvalue weighted by molar-refractivity contribution is 5.91. The first kappa shape index (κ1) is 14.2. The summed E-state index contributed by atoms with van der Waals surface area (Å²) in [4.78, 5) is 22.4. The van der Waals surface area contributed by atoms with Gasteiger partial charge in [0, 0.05) is 6.42 Å². The molecule has 0 radical (unpaired) electrons. The molecule has 0 unspecified atom stereocenters. The summed E-state index contributed by atoms with van der Waals surface area (Å²) in [7, 11) is 2.51. The molecule has 0 fully saturated rings. The van der Waals surface area contributed by atoms with Gasteiger partial charge in [-0.15, -0.1) is 0 Å². The normalized spacial score (nSPS) is 9.94. The molecule has 0 atom stereocenters. The van der Waals surface area contributed by atoms with E-state index in [4.69, 9.17) is 0 Å². The summed E-state index contributed by atoms with van der Waals surface area (Å²) in [6.45, 7) is 0. The molecule has 0 saturated carbocycles. The van der Waals surface area contributed by atoms with Crippen molar-refractivity contribution in [3.05, 3.63) is 35.1 Å². The van der Waals surface area contributed by atoms with Gasteiger partial charge in [0.2, 0.25) is 0 Å². The van der Waals surface area contributed by atoms with E-state index in [1.54, 1.807) is 6.07 Å². The van der Waals surface area contributed by atoms with Crippen LogP contribution in [-0.2, 0) is 20.7 Å². The maximum atomic E-state index is 13.5. The lowest BCUT2D eigenvalue weighted by atomic mass is 10.0. The number of halogens is 1. The van der Waals surface area contributed by atoms with E-state index in [1.807, 2.05) is 0 Å². The quantitative estimate of drug-likeness (QED) is 0.755. The van der Waals surface area contributed by atoms with Gasteiger partial charge < -0.3 is 9.47 Å². The van der Waals surface area contributed by atoms with E-state index in [0.717, 1.165) is 0 Å². The van der Waals surface area contributed by atoms with Crippen molar-refractivity contribution in [2.24, 2.45) is 0 Å². The lowest BCUT2D eigenvalue weighted by molar-refractivity contribution is -0.140. The summed E-state index contributed by atoms with van der Waals surface area (Å²) in [6, 6.07) is 4.37. The van der Waals surface area contributed by atoms with Crippen LogP contribution in [0.25, 0.3) is 0 Å². The minimum Gasteiger partial charge on any atom is -0.469 e. The molecule has 98 valence electrons. The maximum Gasteiger partial charge on any atom is 0.341 e. The van der Waals surface area contributed by atoms with E-state index < -0.39 is 11.8 Å². The molecule has 0 aliphatic heterocycles. The lowest BCUT2D eigenvalue weighted by Gasteiger charge is -2.08. The van der Waals surface area contributed by atoms with E-state index in [0.29, 0.717) is 18.4 Å². The highest BCUT2D eigenvalue weighted by atomic mass is 19.1. The molecule has 1 aromatic rings. The Morgan fingerprint density at radius 2 is 1.94 bits per heavy atom. The Bertz CT molecular complexity index is 443. The first-order valence-corrected chi connectivity index (χ1v) is 5.52. The number of carbonyl (C=O) groups is 2. The number of carbonyl (C=O) groups excluding carboxylic acids is 2. The molecular formula is C13H15FO4. The van der Waals surface area contributed by atoms with Crippen LogP contribution in [0.1, 0.15) is 28.8 Å². The number of ether oxygens (including phenoxy) is 2. The van der Waals surface area contributed by atoms with Gasteiger partial charge in [-0.1, -0.05) is 12.1 Å². The Kier molecular flexibility index (Phi) is 5.30. The second-order valence-electron chi connectivity index (χ2n) is 3.70. The van der Waals surface area contributed by atoms with Crippen LogP contribution in [0.2, 0.25) is 0 Å². The van der Waals surface area contributed by atoms with Gasteiger partial charge in [-0.3, -0.25) is 4.79 Å². The molecule has 0 bridgehead atoms. The zero-order valence-electron chi connectivity index (χ0n) is 10.4. The van der Waals surface area contributed by atoms with Crippen molar-refractivity contribution >= 4 is 11.9 Å². The number of esters is 2. The van der Waals surface area contributed by atoms with Gasteiger partial charge in [-0.25, -0.2) is 9.18 Å². The number of aryl methyl sites for hydroxylation is 1. The fourth-order valence-electron chi connectivity index (χ4n) is 1.63. The van der Waals surface area contributed by atoms with Gasteiger partial charge in [0.1, 0.15) is 5.82 Å². The SMILES string of the molecule is COC(=O)CCCc1cccc(F)c1C(=O)OC. The molecular weight excluding hydrogens is 239 g/mol. The van der Waals surface area contributed by atoms with Crippen LogP contribution in [0.4, 0.5) is 4.39 Å². The molecule has 0 N–H and O–H groups in total. The molecule has 18 heavy (non-hydrogen) atoms. The third kappa shape index (κ3) is 3.55. The van der Waals surface area contributed by atoms with Crippen LogP contribution in [0.15, 0.2) is 18.2 Å². The van der Waals surface area contributed by atoms with Gasteiger partial charge >= 0.3 is 11.9 Å². The number of rotatable bonds is 5. The largest absolute Gasteiger partial charge is 0.469 e.